The van der Waals surface area contributed by atoms with Crippen molar-refractivity contribution >= 4 is 6.01 Å². The van der Waals surface area contributed by atoms with Gasteiger partial charge in [-0.15, -0.1) is 5.10 Å². The minimum Gasteiger partial charge on any atom is -0.407 e. The topological polar surface area (TPSA) is 63.0 Å². The zero-order chi connectivity index (χ0) is 13.2. The second-order valence-corrected chi connectivity index (χ2v) is 6.28. The van der Waals surface area contributed by atoms with Crippen LogP contribution < -0.4 is 10.6 Å². The summed E-state index contributed by atoms with van der Waals surface area (Å²) in [5, 5.41) is 14.7. The third-order valence-electron chi connectivity index (χ3n) is 3.42. The van der Waals surface area contributed by atoms with Gasteiger partial charge in [-0.3, -0.25) is 0 Å². The molecule has 1 aliphatic rings. The van der Waals surface area contributed by atoms with Crippen LogP contribution in [-0.4, -0.2) is 22.3 Å². The van der Waals surface area contributed by atoms with Gasteiger partial charge in [0, 0.05) is 12.1 Å². The van der Waals surface area contributed by atoms with Crippen molar-refractivity contribution in [3.63, 3.8) is 0 Å². The van der Waals surface area contributed by atoms with Crippen LogP contribution in [0.2, 0.25) is 0 Å². The molecule has 1 saturated carbocycles. The van der Waals surface area contributed by atoms with E-state index in [-0.39, 0.29) is 0 Å². The largest absolute Gasteiger partial charge is 0.407 e. The lowest BCUT2D eigenvalue weighted by atomic mass is 9.92. The third kappa shape index (κ3) is 3.70. The molecular formula is C13H24N4O. The molecule has 1 aromatic heterocycles. The molecule has 0 aliphatic heterocycles. The molecule has 0 bridgehead atoms. The molecule has 0 spiro atoms. The summed E-state index contributed by atoms with van der Waals surface area (Å²) < 4.78 is 5.57. The molecule has 0 amide bonds. The van der Waals surface area contributed by atoms with E-state index >= 15 is 0 Å². The number of aromatic nitrogens is 2. The maximum Gasteiger partial charge on any atom is 0.315 e. The molecule has 1 unspecified atom stereocenters. The van der Waals surface area contributed by atoms with Gasteiger partial charge in [0.15, 0.2) is 0 Å². The van der Waals surface area contributed by atoms with E-state index in [1.807, 2.05) is 0 Å². The highest BCUT2D eigenvalue weighted by Gasteiger charge is 2.31. The minimum atomic E-state index is 0.420. The van der Waals surface area contributed by atoms with E-state index in [9.17, 15) is 0 Å². The van der Waals surface area contributed by atoms with Gasteiger partial charge in [0.25, 0.3) is 0 Å². The van der Waals surface area contributed by atoms with Crippen molar-refractivity contribution in [3.8, 4) is 0 Å². The van der Waals surface area contributed by atoms with Gasteiger partial charge in [-0.1, -0.05) is 32.8 Å². The van der Waals surface area contributed by atoms with E-state index in [0.29, 0.717) is 35.9 Å². The van der Waals surface area contributed by atoms with Crippen molar-refractivity contribution in [1.82, 2.24) is 15.5 Å². The molecule has 0 saturated heterocycles. The lowest BCUT2D eigenvalue weighted by molar-refractivity contribution is 0.377. The standard InChI is InChI=1S/C13H24N4O/c1-9(2)14-8-11-16-17-12(18-11)15-10-5-6-13(3,4)7-10/h9-10,14H,5-8H2,1-4H3,(H,15,17). The van der Waals surface area contributed by atoms with Gasteiger partial charge in [-0.05, 0) is 24.7 Å². The van der Waals surface area contributed by atoms with Crippen LogP contribution >= 0.6 is 0 Å². The predicted molar refractivity (Wildman–Crippen MR) is 71.3 cm³/mol. The van der Waals surface area contributed by atoms with Crippen LogP contribution in [0, 0.1) is 5.41 Å². The maximum absolute atomic E-state index is 5.57. The summed E-state index contributed by atoms with van der Waals surface area (Å²) in [6.07, 6.45) is 3.59. The summed E-state index contributed by atoms with van der Waals surface area (Å²) in [6, 6.07) is 1.44. The highest BCUT2D eigenvalue weighted by molar-refractivity contribution is 5.20. The number of rotatable bonds is 5. The molecule has 1 aliphatic carbocycles. The monoisotopic (exact) mass is 252 g/mol. The summed E-state index contributed by atoms with van der Waals surface area (Å²) in [7, 11) is 0. The van der Waals surface area contributed by atoms with Crippen molar-refractivity contribution in [3.05, 3.63) is 5.89 Å². The highest BCUT2D eigenvalue weighted by atomic mass is 16.4. The molecular weight excluding hydrogens is 228 g/mol. The Morgan fingerprint density at radius 3 is 2.78 bits per heavy atom. The molecule has 5 nitrogen and oxygen atoms in total. The van der Waals surface area contributed by atoms with Gasteiger partial charge < -0.3 is 15.1 Å². The second kappa shape index (κ2) is 5.26. The molecule has 2 rings (SSSR count). The van der Waals surface area contributed by atoms with E-state index in [4.69, 9.17) is 4.42 Å². The zero-order valence-electron chi connectivity index (χ0n) is 11.8. The smallest absolute Gasteiger partial charge is 0.315 e. The average Bonchev–Trinajstić information content (AvgIpc) is 2.83. The number of anilines is 1. The predicted octanol–water partition coefficient (Wildman–Crippen LogP) is 2.56. The molecule has 1 aromatic rings. The average molecular weight is 252 g/mol. The first-order chi connectivity index (χ1) is 8.44. The van der Waals surface area contributed by atoms with Gasteiger partial charge >= 0.3 is 6.01 Å². The Hall–Kier alpha value is -1.10. The fourth-order valence-electron chi connectivity index (χ4n) is 2.41. The molecule has 2 N–H and O–H groups in total. The van der Waals surface area contributed by atoms with E-state index < -0.39 is 0 Å². The Balaban J connectivity index is 1.83. The van der Waals surface area contributed by atoms with Crippen LogP contribution in [-0.2, 0) is 6.54 Å². The van der Waals surface area contributed by atoms with Crippen LogP contribution in [0.25, 0.3) is 0 Å². The molecule has 1 atom stereocenters. The lowest BCUT2D eigenvalue weighted by Crippen LogP contribution is -2.21. The van der Waals surface area contributed by atoms with Crippen LogP contribution in [0.1, 0.15) is 52.8 Å². The second-order valence-electron chi connectivity index (χ2n) is 6.28. The van der Waals surface area contributed by atoms with Crippen molar-refractivity contribution in [2.45, 2.75) is 65.6 Å². The SMILES string of the molecule is CC(C)NCc1nnc(NC2CCC(C)(C)C2)o1. The van der Waals surface area contributed by atoms with Crippen molar-refractivity contribution in [2.24, 2.45) is 5.41 Å². The summed E-state index contributed by atoms with van der Waals surface area (Å²) >= 11 is 0. The molecule has 1 fully saturated rings. The Kier molecular flexibility index (Phi) is 3.90. The van der Waals surface area contributed by atoms with Crippen LogP contribution in [0.15, 0.2) is 4.42 Å². The highest BCUT2D eigenvalue weighted by Crippen LogP contribution is 2.38. The molecule has 5 heteroatoms. The molecule has 1 heterocycles. The van der Waals surface area contributed by atoms with Crippen LogP contribution in [0.5, 0.6) is 0 Å². The normalized spacial score (nSPS) is 22.6. The van der Waals surface area contributed by atoms with E-state index in [1.165, 1.54) is 12.8 Å². The van der Waals surface area contributed by atoms with Gasteiger partial charge in [0.1, 0.15) is 0 Å². The Labute approximate surface area is 109 Å². The number of nitrogens with zero attached hydrogens (tertiary/aromatic N) is 2. The maximum atomic E-state index is 5.57. The van der Waals surface area contributed by atoms with Crippen molar-refractivity contribution in [1.29, 1.82) is 0 Å². The fraction of sp³-hybridized carbons (Fsp3) is 0.846. The van der Waals surface area contributed by atoms with Gasteiger partial charge in [0.05, 0.1) is 6.54 Å². The van der Waals surface area contributed by atoms with Gasteiger partial charge in [-0.2, -0.15) is 0 Å². The first-order valence-electron chi connectivity index (χ1n) is 6.77. The van der Waals surface area contributed by atoms with Gasteiger partial charge in [0.2, 0.25) is 5.89 Å². The number of nitrogens with one attached hydrogen (secondary N) is 2. The molecule has 18 heavy (non-hydrogen) atoms. The van der Waals surface area contributed by atoms with Gasteiger partial charge in [-0.25, -0.2) is 0 Å². The minimum absolute atomic E-state index is 0.420. The Morgan fingerprint density at radius 2 is 2.17 bits per heavy atom. The lowest BCUT2D eigenvalue weighted by Gasteiger charge is -2.16. The molecule has 0 aromatic carbocycles. The van der Waals surface area contributed by atoms with Crippen LogP contribution in [0.4, 0.5) is 6.01 Å². The molecule has 102 valence electrons. The fourth-order valence-corrected chi connectivity index (χ4v) is 2.41. The summed E-state index contributed by atoms with van der Waals surface area (Å²) in [5.41, 5.74) is 0.430. The Bertz CT molecular complexity index is 386. The first-order valence-corrected chi connectivity index (χ1v) is 6.77. The number of hydrogen-bond donors (Lipinski definition) is 2. The first kappa shape index (κ1) is 13.3. The zero-order valence-corrected chi connectivity index (χ0v) is 11.8. The van der Waals surface area contributed by atoms with Crippen molar-refractivity contribution in [2.75, 3.05) is 5.32 Å². The summed E-state index contributed by atoms with van der Waals surface area (Å²) in [4.78, 5) is 0. The summed E-state index contributed by atoms with van der Waals surface area (Å²) in [6.45, 7) is 9.43. The number of hydrogen-bond acceptors (Lipinski definition) is 5. The van der Waals surface area contributed by atoms with E-state index in [1.54, 1.807) is 0 Å². The Morgan fingerprint density at radius 1 is 1.39 bits per heavy atom. The van der Waals surface area contributed by atoms with E-state index in [0.717, 1.165) is 6.42 Å². The van der Waals surface area contributed by atoms with E-state index in [2.05, 4.69) is 48.5 Å². The third-order valence-corrected chi connectivity index (χ3v) is 3.42. The quantitative estimate of drug-likeness (QED) is 0.843. The molecule has 0 radical (unpaired) electrons. The van der Waals surface area contributed by atoms with Crippen molar-refractivity contribution < 1.29 is 4.42 Å². The summed E-state index contributed by atoms with van der Waals surface area (Å²) in [5.74, 6) is 0.642. The van der Waals surface area contributed by atoms with Crippen LogP contribution in [0.3, 0.4) is 0 Å².